The molecule has 1 saturated heterocycles. The smallest absolute Gasteiger partial charge is 0.276 e. The van der Waals surface area contributed by atoms with Crippen molar-refractivity contribution in [3.05, 3.63) is 301 Å². The summed E-state index contributed by atoms with van der Waals surface area (Å²) >= 11 is 0. The monoisotopic (exact) mass is 1390 g/mol. The molecular weight excluding hydrogens is 1290 g/mol. The van der Waals surface area contributed by atoms with Crippen molar-refractivity contribution in [1.29, 1.82) is 0 Å². The van der Waals surface area contributed by atoms with Gasteiger partial charge in [-0.2, -0.15) is 0 Å². The summed E-state index contributed by atoms with van der Waals surface area (Å²) in [6.45, 7) is 11.1. The maximum atomic E-state index is 13.2. The number of piperazine rings is 1. The van der Waals surface area contributed by atoms with Gasteiger partial charge >= 0.3 is 0 Å². The average Bonchev–Trinajstić information content (AvgIpc) is 0.899. The number of hydrogen-bond acceptors (Lipinski definition) is 19. The highest BCUT2D eigenvalue weighted by atomic mass is 19.1. The fraction of sp³-hybridized carbons (Fsp3) is 0.128. The third kappa shape index (κ3) is 21.1. The van der Waals surface area contributed by atoms with Crippen molar-refractivity contribution < 1.29 is 45.4 Å². The highest BCUT2D eigenvalue weighted by Crippen LogP contribution is 2.27. The molecule has 13 rings (SSSR count). The van der Waals surface area contributed by atoms with Gasteiger partial charge in [0.05, 0.1) is 60.4 Å². The van der Waals surface area contributed by atoms with Crippen molar-refractivity contribution in [3.8, 4) is 5.75 Å². The normalized spacial score (nSPS) is 11.4. The molecule has 0 aliphatic carbocycles. The Labute approximate surface area is 608 Å². The number of carbonyl (C=O) groups excluding carboxylic acids is 4. The van der Waals surface area contributed by atoms with Crippen molar-refractivity contribution in [2.45, 2.75) is 27.7 Å². The van der Waals surface area contributed by atoms with Crippen molar-refractivity contribution in [2.75, 3.05) is 87.8 Å². The van der Waals surface area contributed by atoms with Crippen molar-refractivity contribution in [2.24, 2.45) is 0 Å². The topological polar surface area (TPSA) is 283 Å². The zero-order chi connectivity index (χ0) is 71.6. The first kappa shape index (κ1) is 71.4. The number of halogens is 1. The van der Waals surface area contributed by atoms with Gasteiger partial charge in [0.1, 0.15) is 34.8 Å². The summed E-state index contributed by atoms with van der Waals surface area (Å²) < 4.78 is 18.5. The fourth-order valence-electron chi connectivity index (χ4n) is 10.0. The standard InChI is InChI=1S/C23H26N6O.C19H18N4O2.C18H15FN4O.C18H16N4O.12H2/c1-17-22(23(30)26-18-7-4-3-5-8-18)27-21(16-24-17)25-19-9-6-10-20(15-19)29-13-11-28(2)12-14-29;1-13-18(19(24)22-15-10-6-7-11-16(15)25-2)23-17(12-20-13)21-14-8-4-3-5-9-14;1-12-17(18(24)22-14-7-3-2-4-8-14)23-16(11-20-12)21-15-9-5-6-13(19)10-15;1-13-17(18(23)21-15-10-6-3-7-11-15)22-16(12-19-13)20-14-8-4-2-5-9-14;;;;;;;;;;;;/h3-10,15-16H,11-14H2,1-2H3,(H,25,27)(H,26,30);3-12H,1-2H3,(H,21,23)(H,22,24);2-11H,1H3,(H,21,23)(H,22,24);2-12H,1H3,(H,20,22)(H,21,23);12*1H. The fourth-order valence-corrected chi connectivity index (χ4v) is 10.0. The Bertz CT molecular complexity index is 4830. The van der Waals surface area contributed by atoms with Crippen LogP contribution in [0.3, 0.4) is 0 Å². The van der Waals surface area contributed by atoms with E-state index in [0.717, 1.165) is 54.6 Å². The Hall–Kier alpha value is -13.4. The maximum Gasteiger partial charge on any atom is 0.276 e. The maximum absolute atomic E-state index is 13.2. The van der Waals surface area contributed by atoms with Crippen LogP contribution in [0.15, 0.2) is 249 Å². The van der Waals surface area contributed by atoms with E-state index < -0.39 is 0 Å². The summed E-state index contributed by atoms with van der Waals surface area (Å²) in [7, 11) is 3.71. The Morgan fingerprint density at radius 1 is 0.373 bits per heavy atom. The molecule has 1 aliphatic heterocycles. The lowest BCUT2D eigenvalue weighted by atomic mass is 10.2. The molecule has 4 aromatic heterocycles. The molecule has 12 aromatic rings. The van der Waals surface area contributed by atoms with Gasteiger partial charge in [0.2, 0.25) is 0 Å². The van der Waals surface area contributed by atoms with E-state index in [1.165, 1.54) is 24.0 Å². The number of methoxy groups -OCH3 is 1. The van der Waals surface area contributed by atoms with Crippen molar-refractivity contribution in [1.82, 2.24) is 44.8 Å². The van der Waals surface area contributed by atoms with Crippen LogP contribution >= 0.6 is 0 Å². The van der Waals surface area contributed by atoms with Gasteiger partial charge in [-0.15, -0.1) is 0 Å². The van der Waals surface area contributed by atoms with Gasteiger partial charge in [-0.1, -0.05) is 115 Å². The van der Waals surface area contributed by atoms with Crippen molar-refractivity contribution in [3.63, 3.8) is 0 Å². The van der Waals surface area contributed by atoms with Gasteiger partial charge in [-0.25, -0.2) is 24.3 Å². The first-order chi connectivity index (χ1) is 49.6. The number of amides is 4. The lowest BCUT2D eigenvalue weighted by Crippen LogP contribution is -2.44. The second kappa shape index (κ2) is 35.8. The molecule has 102 heavy (non-hydrogen) atoms. The van der Waals surface area contributed by atoms with Crippen LogP contribution in [0.2, 0.25) is 0 Å². The summed E-state index contributed by atoms with van der Waals surface area (Å²) in [6.07, 6.45) is 6.36. The minimum absolute atomic E-state index is 0. The largest absolute Gasteiger partial charge is 0.495 e. The van der Waals surface area contributed by atoms with Crippen LogP contribution in [0.1, 0.15) is 81.8 Å². The number of nitrogens with one attached hydrogen (secondary N) is 8. The predicted molar refractivity (Wildman–Crippen MR) is 425 cm³/mol. The number of anilines is 13. The summed E-state index contributed by atoms with van der Waals surface area (Å²) in [5, 5.41) is 23.8. The molecule has 23 nitrogen and oxygen atoms in total. The number of aryl methyl sites for hydroxylation is 4. The van der Waals surface area contributed by atoms with E-state index >= 15 is 0 Å². The lowest BCUT2D eigenvalue weighted by Gasteiger charge is -2.34. The quantitative estimate of drug-likeness (QED) is 0.0396. The van der Waals surface area contributed by atoms with Gasteiger partial charge in [-0.3, -0.25) is 39.1 Å². The molecule has 0 bridgehead atoms. The molecule has 8 N–H and O–H groups in total. The SMILES string of the molecule is COc1ccccc1NC(=O)c1nc(Nc2ccccc2)cnc1C.Cc1ncc(Nc2cccc(F)c2)nc1C(=O)Nc1ccccc1.Cc1ncc(Nc2cccc(N3CCN(C)CC3)c2)nc1C(=O)Nc1ccccc1.Cc1ncc(Nc2ccccc2)nc1C(=O)Nc1ccccc1.[HH].[HH].[HH].[HH].[HH].[HH].[HH].[HH].[HH].[HH].[HH].[HH]. The number of likely N-dealkylation sites (N-methyl/N-ethyl adjacent to an activating group) is 1. The van der Waals surface area contributed by atoms with E-state index in [1.54, 1.807) is 89.8 Å². The highest BCUT2D eigenvalue weighted by Gasteiger charge is 2.20. The van der Waals surface area contributed by atoms with Crippen LogP contribution in [-0.4, -0.2) is 109 Å². The third-order valence-corrected chi connectivity index (χ3v) is 15.3. The molecule has 0 unspecified atom stereocenters. The number of nitrogens with zero attached hydrogens (tertiary/aromatic N) is 10. The molecule has 5 heterocycles. The van der Waals surface area contributed by atoms with Gasteiger partial charge in [0.25, 0.3) is 23.6 Å². The van der Waals surface area contributed by atoms with Crippen LogP contribution in [0, 0.1) is 33.5 Å². The second-order valence-corrected chi connectivity index (χ2v) is 23.0. The number of para-hydroxylation sites is 7. The molecule has 4 amide bonds. The zero-order valence-electron chi connectivity index (χ0n) is 56.9. The summed E-state index contributed by atoms with van der Waals surface area (Å²) in [5.74, 6) is 0.905. The number of ether oxygens (including phenoxy) is 1. The summed E-state index contributed by atoms with van der Waals surface area (Å²) in [6, 6.07) is 68.4. The van der Waals surface area contributed by atoms with E-state index in [0.29, 0.717) is 80.2 Å². The number of carbonyl (C=O) groups is 4. The minimum atomic E-state index is -0.359. The van der Waals surface area contributed by atoms with Crippen LogP contribution < -0.4 is 52.2 Å². The molecule has 0 radical (unpaired) electrons. The molecule has 8 aromatic carbocycles. The average molecular weight is 1390 g/mol. The molecule has 0 saturated carbocycles. The van der Waals surface area contributed by atoms with E-state index in [-0.39, 0.29) is 58.0 Å². The van der Waals surface area contributed by atoms with Crippen LogP contribution in [0.5, 0.6) is 5.75 Å². The highest BCUT2D eigenvalue weighted by molar-refractivity contribution is 6.06. The van der Waals surface area contributed by atoms with E-state index in [4.69, 9.17) is 4.74 Å². The van der Waals surface area contributed by atoms with Gasteiger partial charge in [0.15, 0.2) is 22.8 Å². The predicted octanol–water partition coefficient (Wildman–Crippen LogP) is 18.0. The molecule has 0 atom stereocenters. The Morgan fingerprint density at radius 2 is 0.686 bits per heavy atom. The minimum Gasteiger partial charge on any atom is -0.495 e. The molecule has 538 valence electrons. The van der Waals surface area contributed by atoms with Crippen LogP contribution in [-0.2, 0) is 0 Å². The number of aromatic nitrogens is 8. The van der Waals surface area contributed by atoms with Crippen LogP contribution in [0.25, 0.3) is 0 Å². The Kier molecular flexibility index (Phi) is 25.0. The van der Waals surface area contributed by atoms with Gasteiger partial charge in [-0.05, 0) is 144 Å². The molecule has 1 fully saturated rings. The number of benzene rings is 8. The Morgan fingerprint density at radius 3 is 1.06 bits per heavy atom. The van der Waals surface area contributed by atoms with E-state index in [2.05, 4.69) is 111 Å². The molecule has 0 spiro atoms. The lowest BCUT2D eigenvalue weighted by molar-refractivity contribution is 0.101. The van der Waals surface area contributed by atoms with E-state index in [1.807, 2.05) is 164 Å². The van der Waals surface area contributed by atoms with Gasteiger partial charge < -0.3 is 57.1 Å². The van der Waals surface area contributed by atoms with E-state index in [9.17, 15) is 23.6 Å². The summed E-state index contributed by atoms with van der Waals surface area (Å²) in [4.78, 5) is 89.4. The van der Waals surface area contributed by atoms with Gasteiger partial charge in [0, 0.05) is 88.8 Å². The molecule has 24 heteroatoms. The molecular formula is C78H99FN18O5. The summed E-state index contributed by atoms with van der Waals surface area (Å²) in [5.41, 5.74) is 10.4. The third-order valence-electron chi connectivity index (χ3n) is 15.3. The zero-order valence-corrected chi connectivity index (χ0v) is 56.9. The van der Waals surface area contributed by atoms with Crippen molar-refractivity contribution >= 4 is 98.1 Å². The second-order valence-electron chi connectivity index (χ2n) is 23.0. The first-order valence-corrected chi connectivity index (χ1v) is 32.4. The Balaban J connectivity index is -0.00000140. The van der Waals surface area contributed by atoms with Crippen LogP contribution in [0.4, 0.5) is 78.8 Å². The molecule has 1 aliphatic rings. The first-order valence-electron chi connectivity index (χ1n) is 32.4. The number of hydrogen-bond donors (Lipinski definition) is 8. The number of rotatable bonds is 18.